The average Bonchev–Trinajstić information content (AvgIpc) is 3.14. The van der Waals surface area contributed by atoms with Crippen LogP contribution in [-0.4, -0.2) is 23.2 Å². The topological polar surface area (TPSA) is 65.2 Å². The minimum atomic E-state index is -0.183. The molecule has 5 nitrogen and oxygen atoms in total. The molecule has 0 aliphatic heterocycles. The molecule has 0 radical (unpaired) electrons. The van der Waals surface area contributed by atoms with Crippen molar-refractivity contribution in [3.63, 3.8) is 0 Å². The van der Waals surface area contributed by atoms with E-state index in [4.69, 9.17) is 9.26 Å². The second kappa shape index (κ2) is 5.13. The SMILES string of the molecule is COC(=O)[C@@H]1CCC[C@@H]1c1nc(-c2ccsc2)no1. The molecule has 1 fully saturated rings. The highest BCUT2D eigenvalue weighted by molar-refractivity contribution is 7.08. The Hall–Kier alpha value is -1.69. The van der Waals surface area contributed by atoms with Gasteiger partial charge < -0.3 is 9.26 Å². The van der Waals surface area contributed by atoms with Crippen molar-refractivity contribution in [2.75, 3.05) is 7.11 Å². The fourth-order valence-corrected chi connectivity index (χ4v) is 3.22. The van der Waals surface area contributed by atoms with Gasteiger partial charge in [0.1, 0.15) is 0 Å². The van der Waals surface area contributed by atoms with E-state index in [0.29, 0.717) is 11.7 Å². The molecule has 6 heteroatoms. The molecule has 2 aromatic heterocycles. The molecule has 1 saturated carbocycles. The third kappa shape index (κ3) is 2.28. The summed E-state index contributed by atoms with van der Waals surface area (Å²) in [6, 6.07) is 1.95. The predicted molar refractivity (Wildman–Crippen MR) is 69.7 cm³/mol. The zero-order chi connectivity index (χ0) is 13.2. The van der Waals surface area contributed by atoms with E-state index in [9.17, 15) is 4.79 Å². The number of aromatic nitrogens is 2. The van der Waals surface area contributed by atoms with E-state index in [2.05, 4.69) is 10.1 Å². The Labute approximate surface area is 114 Å². The van der Waals surface area contributed by atoms with Crippen molar-refractivity contribution in [1.82, 2.24) is 10.1 Å². The molecular weight excluding hydrogens is 264 g/mol. The van der Waals surface area contributed by atoms with Crippen LogP contribution < -0.4 is 0 Å². The molecule has 0 saturated heterocycles. The number of hydrogen-bond acceptors (Lipinski definition) is 6. The van der Waals surface area contributed by atoms with Gasteiger partial charge in [-0.1, -0.05) is 11.6 Å². The molecule has 0 N–H and O–H groups in total. The lowest BCUT2D eigenvalue weighted by molar-refractivity contribution is -0.145. The zero-order valence-electron chi connectivity index (χ0n) is 10.5. The molecular formula is C13H14N2O3S. The van der Waals surface area contributed by atoms with Gasteiger partial charge in [-0.15, -0.1) is 0 Å². The van der Waals surface area contributed by atoms with Gasteiger partial charge >= 0.3 is 5.97 Å². The highest BCUT2D eigenvalue weighted by Gasteiger charge is 2.38. The van der Waals surface area contributed by atoms with Gasteiger partial charge in [-0.25, -0.2) is 0 Å². The normalized spacial score (nSPS) is 22.6. The Morgan fingerprint density at radius 2 is 2.42 bits per heavy atom. The first-order valence-corrected chi connectivity index (χ1v) is 7.18. The summed E-state index contributed by atoms with van der Waals surface area (Å²) in [7, 11) is 1.42. The Morgan fingerprint density at radius 3 is 3.16 bits per heavy atom. The number of hydrogen-bond donors (Lipinski definition) is 0. The second-order valence-electron chi connectivity index (χ2n) is 4.64. The first-order chi connectivity index (χ1) is 9.29. The summed E-state index contributed by atoms with van der Waals surface area (Å²) in [5.74, 6) is 0.798. The smallest absolute Gasteiger partial charge is 0.309 e. The molecule has 2 atom stereocenters. The molecule has 0 amide bonds. The summed E-state index contributed by atoms with van der Waals surface area (Å²) in [6.07, 6.45) is 2.71. The molecule has 3 rings (SSSR count). The molecule has 2 heterocycles. The van der Waals surface area contributed by atoms with Crippen molar-refractivity contribution in [1.29, 1.82) is 0 Å². The molecule has 2 aromatic rings. The predicted octanol–water partition coefficient (Wildman–Crippen LogP) is 2.85. The van der Waals surface area contributed by atoms with Crippen LogP contribution in [0.15, 0.2) is 21.3 Å². The van der Waals surface area contributed by atoms with Gasteiger partial charge in [0.25, 0.3) is 0 Å². The van der Waals surface area contributed by atoms with Gasteiger partial charge in [0.2, 0.25) is 11.7 Å². The number of methoxy groups -OCH3 is 1. The molecule has 0 unspecified atom stereocenters. The minimum absolute atomic E-state index is 0.00710. The van der Waals surface area contributed by atoms with Crippen molar-refractivity contribution < 1.29 is 14.1 Å². The highest BCUT2D eigenvalue weighted by Crippen LogP contribution is 2.40. The van der Waals surface area contributed by atoms with Gasteiger partial charge in [0.05, 0.1) is 18.9 Å². The molecule has 0 spiro atoms. The van der Waals surface area contributed by atoms with Gasteiger partial charge in [-0.05, 0) is 24.3 Å². The number of thiophene rings is 1. The largest absolute Gasteiger partial charge is 0.469 e. The lowest BCUT2D eigenvalue weighted by atomic mass is 9.96. The Kier molecular flexibility index (Phi) is 3.33. The van der Waals surface area contributed by atoms with Crippen LogP contribution in [0.4, 0.5) is 0 Å². The molecule has 0 aromatic carbocycles. The number of nitrogens with zero attached hydrogens (tertiary/aromatic N) is 2. The zero-order valence-corrected chi connectivity index (χ0v) is 11.4. The van der Waals surface area contributed by atoms with Crippen molar-refractivity contribution in [3.8, 4) is 11.4 Å². The summed E-state index contributed by atoms with van der Waals surface area (Å²) in [5.41, 5.74) is 0.951. The first kappa shape index (κ1) is 12.3. The van der Waals surface area contributed by atoms with Gasteiger partial charge in [-0.3, -0.25) is 4.79 Å². The third-order valence-electron chi connectivity index (χ3n) is 3.56. The van der Waals surface area contributed by atoms with Gasteiger partial charge in [-0.2, -0.15) is 16.3 Å². The lowest BCUT2D eigenvalue weighted by Gasteiger charge is -2.12. The van der Waals surface area contributed by atoms with E-state index < -0.39 is 0 Å². The van der Waals surface area contributed by atoms with E-state index in [-0.39, 0.29) is 17.8 Å². The minimum Gasteiger partial charge on any atom is -0.469 e. The number of carbonyl (C=O) groups excluding carboxylic acids is 1. The maximum Gasteiger partial charge on any atom is 0.309 e. The van der Waals surface area contributed by atoms with Gasteiger partial charge in [0, 0.05) is 10.9 Å². The number of rotatable bonds is 3. The van der Waals surface area contributed by atoms with Crippen LogP contribution in [0.3, 0.4) is 0 Å². The highest BCUT2D eigenvalue weighted by atomic mass is 32.1. The van der Waals surface area contributed by atoms with E-state index in [0.717, 1.165) is 24.8 Å². The fourth-order valence-electron chi connectivity index (χ4n) is 2.58. The summed E-state index contributed by atoms with van der Waals surface area (Å²) in [4.78, 5) is 16.1. The van der Waals surface area contributed by atoms with Crippen molar-refractivity contribution in [2.24, 2.45) is 5.92 Å². The van der Waals surface area contributed by atoms with E-state index in [1.807, 2.05) is 16.8 Å². The van der Waals surface area contributed by atoms with Crippen LogP contribution in [0.2, 0.25) is 0 Å². The van der Waals surface area contributed by atoms with Crippen LogP contribution in [0.5, 0.6) is 0 Å². The van der Waals surface area contributed by atoms with Crippen LogP contribution in [0.25, 0.3) is 11.4 Å². The summed E-state index contributed by atoms with van der Waals surface area (Å²) >= 11 is 1.59. The van der Waals surface area contributed by atoms with Crippen LogP contribution >= 0.6 is 11.3 Å². The standard InChI is InChI=1S/C13H14N2O3S/c1-17-13(16)10-4-2-3-9(10)12-14-11(15-18-12)8-5-6-19-7-8/h5-7,9-10H,2-4H2,1H3/t9-,10+/m0/s1. The summed E-state index contributed by atoms with van der Waals surface area (Å²) < 4.78 is 10.2. The molecule has 0 bridgehead atoms. The van der Waals surface area contributed by atoms with Gasteiger partial charge in [0.15, 0.2) is 0 Å². The number of ether oxygens (including phenoxy) is 1. The molecule has 100 valence electrons. The summed E-state index contributed by atoms with van der Waals surface area (Å²) in [5, 5.41) is 7.93. The molecule has 19 heavy (non-hydrogen) atoms. The van der Waals surface area contributed by atoms with Crippen LogP contribution in [0, 0.1) is 5.92 Å². The maximum atomic E-state index is 11.7. The summed E-state index contributed by atoms with van der Waals surface area (Å²) in [6.45, 7) is 0. The number of carbonyl (C=O) groups is 1. The average molecular weight is 278 g/mol. The van der Waals surface area contributed by atoms with E-state index >= 15 is 0 Å². The first-order valence-electron chi connectivity index (χ1n) is 6.23. The van der Waals surface area contributed by atoms with Crippen LogP contribution in [-0.2, 0) is 9.53 Å². The number of esters is 1. The van der Waals surface area contributed by atoms with Crippen LogP contribution in [0.1, 0.15) is 31.1 Å². The third-order valence-corrected chi connectivity index (χ3v) is 4.24. The molecule has 1 aliphatic rings. The lowest BCUT2D eigenvalue weighted by Crippen LogP contribution is -2.19. The maximum absolute atomic E-state index is 11.7. The Balaban J connectivity index is 1.84. The van der Waals surface area contributed by atoms with Crippen molar-refractivity contribution in [2.45, 2.75) is 25.2 Å². The van der Waals surface area contributed by atoms with E-state index in [1.54, 1.807) is 11.3 Å². The monoisotopic (exact) mass is 278 g/mol. The fraction of sp³-hybridized carbons (Fsp3) is 0.462. The Morgan fingerprint density at radius 1 is 1.53 bits per heavy atom. The molecule has 1 aliphatic carbocycles. The quantitative estimate of drug-likeness (QED) is 0.808. The van der Waals surface area contributed by atoms with Crippen molar-refractivity contribution in [3.05, 3.63) is 22.7 Å². The Bertz CT molecular complexity index is 564. The van der Waals surface area contributed by atoms with Crippen molar-refractivity contribution >= 4 is 17.3 Å². The van der Waals surface area contributed by atoms with E-state index in [1.165, 1.54) is 7.11 Å². The second-order valence-corrected chi connectivity index (χ2v) is 5.42.